The topological polar surface area (TPSA) is 102 Å². The van der Waals surface area contributed by atoms with Crippen LogP contribution in [0.15, 0.2) is 41.5 Å². The Morgan fingerprint density at radius 2 is 1.84 bits per heavy atom. The molecule has 4 rings (SSSR count). The number of fused-ring (bicyclic) bond motifs is 5. The zero-order chi connectivity index (χ0) is 17.6. The van der Waals surface area contributed by atoms with Gasteiger partial charge in [-0.1, -0.05) is 24.3 Å². The second-order valence-corrected chi connectivity index (χ2v) is 6.53. The largest absolute Gasteiger partial charge is 0.483 e. The summed E-state index contributed by atoms with van der Waals surface area (Å²) in [5.74, 6) is -0.909. The van der Waals surface area contributed by atoms with Gasteiger partial charge in [0.05, 0.1) is 18.1 Å². The van der Waals surface area contributed by atoms with Crippen molar-refractivity contribution in [2.24, 2.45) is 34.5 Å². The number of para-hydroxylation sites is 1. The van der Waals surface area contributed by atoms with E-state index in [1.807, 2.05) is 12.2 Å². The Balaban J connectivity index is 1.54. The molecule has 0 spiro atoms. The molecule has 1 saturated carbocycles. The first-order chi connectivity index (χ1) is 12.1. The maximum absolute atomic E-state index is 12.6. The molecule has 7 nitrogen and oxygen atoms in total. The average molecular weight is 339 g/mol. The molecule has 2 fully saturated rings. The fourth-order valence-electron chi connectivity index (χ4n) is 3.99. The molecule has 2 bridgehead atoms. The third-order valence-electron chi connectivity index (χ3n) is 5.05. The van der Waals surface area contributed by atoms with Crippen molar-refractivity contribution in [1.82, 2.24) is 5.01 Å². The molecule has 4 atom stereocenters. The molecule has 25 heavy (non-hydrogen) atoms. The summed E-state index contributed by atoms with van der Waals surface area (Å²) < 4.78 is 5.32. The number of carbonyl (C=O) groups excluding carboxylic acids is 3. The molecule has 2 aliphatic carbocycles. The minimum Gasteiger partial charge on any atom is -0.483 e. The van der Waals surface area contributed by atoms with Gasteiger partial charge in [0.15, 0.2) is 6.61 Å². The number of primary amides is 1. The van der Waals surface area contributed by atoms with E-state index < -0.39 is 5.91 Å². The zero-order valence-corrected chi connectivity index (χ0v) is 13.4. The first-order valence-corrected chi connectivity index (χ1v) is 8.16. The second-order valence-electron chi connectivity index (χ2n) is 6.53. The molecule has 0 radical (unpaired) electrons. The summed E-state index contributed by atoms with van der Waals surface area (Å²) >= 11 is 0. The normalized spacial score (nSPS) is 29.7. The van der Waals surface area contributed by atoms with Crippen molar-refractivity contribution in [2.45, 2.75) is 6.42 Å². The quantitative estimate of drug-likeness (QED) is 0.484. The molecule has 1 saturated heterocycles. The molecule has 1 aromatic rings. The number of allylic oxidation sites excluding steroid dienone is 2. The molecule has 128 valence electrons. The fraction of sp³-hybridized carbons (Fsp3) is 0.333. The third-order valence-corrected chi connectivity index (χ3v) is 5.05. The van der Waals surface area contributed by atoms with E-state index in [9.17, 15) is 14.4 Å². The zero-order valence-electron chi connectivity index (χ0n) is 13.4. The minimum absolute atomic E-state index is 0.151. The SMILES string of the molecule is NC(=O)COc1ccccc1C=NN1C(=O)[C@@H]2[C@H](C1=O)[C@H]1C=C[C@H]2C1. The minimum atomic E-state index is -0.590. The number of hydrazone groups is 1. The van der Waals surface area contributed by atoms with E-state index in [1.165, 1.54) is 6.21 Å². The summed E-state index contributed by atoms with van der Waals surface area (Å²) in [5, 5.41) is 5.09. The number of amides is 3. The molecule has 1 aromatic carbocycles. The third kappa shape index (κ3) is 2.52. The van der Waals surface area contributed by atoms with Crippen LogP contribution in [0.1, 0.15) is 12.0 Å². The lowest BCUT2D eigenvalue weighted by atomic mass is 9.85. The first kappa shape index (κ1) is 15.6. The molecule has 1 heterocycles. The van der Waals surface area contributed by atoms with Gasteiger partial charge in [-0.05, 0) is 30.4 Å². The number of nitrogens with zero attached hydrogens (tertiary/aromatic N) is 2. The van der Waals surface area contributed by atoms with Crippen LogP contribution in [0.3, 0.4) is 0 Å². The molecular weight excluding hydrogens is 322 g/mol. The molecule has 7 heteroatoms. The van der Waals surface area contributed by atoms with E-state index >= 15 is 0 Å². The van der Waals surface area contributed by atoms with Crippen LogP contribution in [0.4, 0.5) is 0 Å². The van der Waals surface area contributed by atoms with E-state index in [1.54, 1.807) is 24.3 Å². The van der Waals surface area contributed by atoms with Crippen molar-refractivity contribution >= 4 is 23.9 Å². The summed E-state index contributed by atoms with van der Waals surface area (Å²) in [7, 11) is 0. The van der Waals surface area contributed by atoms with E-state index in [-0.39, 0.29) is 42.1 Å². The number of benzene rings is 1. The fourth-order valence-corrected chi connectivity index (χ4v) is 3.99. The van der Waals surface area contributed by atoms with Gasteiger partial charge in [-0.25, -0.2) is 0 Å². The Morgan fingerprint density at radius 3 is 2.48 bits per heavy atom. The summed E-state index contributed by atoms with van der Waals surface area (Å²) in [6.45, 7) is -0.258. The highest BCUT2D eigenvalue weighted by Crippen LogP contribution is 2.52. The Hall–Kier alpha value is -2.96. The molecule has 3 aliphatic rings. The number of nitrogens with two attached hydrogens (primary N) is 1. The highest BCUT2D eigenvalue weighted by atomic mass is 16.5. The van der Waals surface area contributed by atoms with Gasteiger partial charge in [0, 0.05) is 5.56 Å². The van der Waals surface area contributed by atoms with E-state index in [2.05, 4.69) is 5.10 Å². The van der Waals surface area contributed by atoms with Crippen LogP contribution < -0.4 is 10.5 Å². The molecule has 2 N–H and O–H groups in total. The van der Waals surface area contributed by atoms with Crippen LogP contribution in [0.5, 0.6) is 5.75 Å². The number of hydrogen-bond acceptors (Lipinski definition) is 5. The maximum atomic E-state index is 12.6. The lowest BCUT2D eigenvalue weighted by molar-refractivity contribution is -0.140. The van der Waals surface area contributed by atoms with Gasteiger partial charge in [-0.2, -0.15) is 10.1 Å². The molecule has 0 unspecified atom stereocenters. The van der Waals surface area contributed by atoms with Crippen molar-refractivity contribution in [3.05, 3.63) is 42.0 Å². The standard InChI is InChI=1S/C18H17N3O4/c19-14(22)9-25-13-4-2-1-3-12(13)8-20-21-17(23)15-10-5-6-11(7-10)16(15)18(21)24/h1-6,8,10-11,15-16H,7,9H2,(H2,19,22)/t10-,11-,15-,16+/m0/s1. The van der Waals surface area contributed by atoms with Crippen molar-refractivity contribution in [2.75, 3.05) is 6.61 Å². The van der Waals surface area contributed by atoms with E-state index in [0.29, 0.717) is 11.3 Å². The highest BCUT2D eigenvalue weighted by molar-refractivity contribution is 6.06. The Kier molecular flexibility index (Phi) is 3.63. The molecule has 1 aliphatic heterocycles. The summed E-state index contributed by atoms with van der Waals surface area (Å²) in [4.78, 5) is 36.0. The lowest BCUT2D eigenvalue weighted by Gasteiger charge is -2.13. The number of hydrogen-bond donors (Lipinski definition) is 1. The predicted octanol–water partition coefficient (Wildman–Crippen LogP) is 0.692. The number of rotatable bonds is 5. The van der Waals surface area contributed by atoms with Gasteiger partial charge in [0.25, 0.3) is 17.7 Å². The van der Waals surface area contributed by atoms with Crippen LogP contribution in [-0.4, -0.2) is 35.6 Å². The van der Waals surface area contributed by atoms with Gasteiger partial charge in [0.2, 0.25) is 0 Å². The number of ether oxygens (including phenoxy) is 1. The van der Waals surface area contributed by atoms with Crippen molar-refractivity contribution in [1.29, 1.82) is 0 Å². The smallest absolute Gasteiger partial charge is 0.255 e. The molecule has 3 amide bonds. The van der Waals surface area contributed by atoms with Crippen LogP contribution in [-0.2, 0) is 14.4 Å². The average Bonchev–Trinajstić information content (AvgIpc) is 3.27. The molecular formula is C18H17N3O4. The van der Waals surface area contributed by atoms with Gasteiger partial charge in [-0.3, -0.25) is 14.4 Å². The van der Waals surface area contributed by atoms with Gasteiger partial charge in [-0.15, -0.1) is 0 Å². The predicted molar refractivity (Wildman–Crippen MR) is 88.3 cm³/mol. The number of imide groups is 1. The van der Waals surface area contributed by atoms with Crippen molar-refractivity contribution in [3.8, 4) is 5.75 Å². The Bertz CT molecular complexity index is 786. The molecule has 0 aromatic heterocycles. The Labute approximate surface area is 144 Å². The maximum Gasteiger partial charge on any atom is 0.255 e. The van der Waals surface area contributed by atoms with Crippen molar-refractivity contribution in [3.63, 3.8) is 0 Å². The lowest BCUT2D eigenvalue weighted by Crippen LogP contribution is -2.28. The summed E-state index contributed by atoms with van der Waals surface area (Å²) in [6, 6.07) is 6.90. The number of carbonyl (C=O) groups is 3. The summed E-state index contributed by atoms with van der Waals surface area (Å²) in [5.41, 5.74) is 5.64. The van der Waals surface area contributed by atoms with Gasteiger partial charge in [0.1, 0.15) is 5.75 Å². The first-order valence-electron chi connectivity index (χ1n) is 8.16. The van der Waals surface area contributed by atoms with Crippen LogP contribution in [0.25, 0.3) is 0 Å². The van der Waals surface area contributed by atoms with Gasteiger partial charge >= 0.3 is 0 Å². The monoisotopic (exact) mass is 339 g/mol. The second kappa shape index (κ2) is 5.84. The Morgan fingerprint density at radius 1 is 1.20 bits per heavy atom. The summed E-state index contributed by atoms with van der Waals surface area (Å²) in [6.07, 6.45) is 6.37. The highest BCUT2D eigenvalue weighted by Gasteiger charge is 2.59. The van der Waals surface area contributed by atoms with E-state index in [0.717, 1.165) is 11.4 Å². The van der Waals surface area contributed by atoms with E-state index in [4.69, 9.17) is 10.5 Å². The van der Waals surface area contributed by atoms with Crippen LogP contribution in [0.2, 0.25) is 0 Å². The van der Waals surface area contributed by atoms with Gasteiger partial charge < -0.3 is 10.5 Å². The van der Waals surface area contributed by atoms with Crippen LogP contribution >= 0.6 is 0 Å². The van der Waals surface area contributed by atoms with Crippen LogP contribution in [0, 0.1) is 23.7 Å². The van der Waals surface area contributed by atoms with Crippen molar-refractivity contribution < 1.29 is 19.1 Å².